The number of H-pyrrole nitrogens is 1. The van der Waals surface area contributed by atoms with Gasteiger partial charge in [-0.15, -0.1) is 0 Å². The first-order valence-electron chi connectivity index (χ1n) is 11.1. The Bertz CT molecular complexity index is 1610. The fraction of sp³-hybridized carbons (Fsp3) is 0.318. The van der Waals surface area contributed by atoms with Crippen molar-refractivity contribution in [1.29, 1.82) is 0 Å². The van der Waals surface area contributed by atoms with E-state index < -0.39 is 5.92 Å². The van der Waals surface area contributed by atoms with Crippen molar-refractivity contribution in [3.63, 3.8) is 0 Å². The lowest BCUT2D eigenvalue weighted by Gasteiger charge is -2.22. The Morgan fingerprint density at radius 3 is 2.92 bits per heavy atom. The highest BCUT2D eigenvalue weighted by Crippen LogP contribution is 2.39. The molecule has 0 saturated heterocycles. The lowest BCUT2D eigenvalue weighted by molar-refractivity contribution is -0.0364. The van der Waals surface area contributed by atoms with E-state index in [1.807, 2.05) is 0 Å². The van der Waals surface area contributed by atoms with Crippen LogP contribution in [-0.4, -0.2) is 46.6 Å². The normalized spacial score (nSPS) is 14.9. The number of methoxy groups -OCH3 is 1. The molecule has 14 heteroatoms. The number of hydrogen-bond acceptors (Lipinski definition) is 8. The zero-order valence-corrected chi connectivity index (χ0v) is 20.0. The van der Waals surface area contributed by atoms with Crippen molar-refractivity contribution < 1.29 is 18.3 Å². The second-order valence-electron chi connectivity index (χ2n) is 8.45. The van der Waals surface area contributed by atoms with Gasteiger partial charge in [0.05, 0.1) is 24.7 Å². The number of ether oxygens (including phenoxy) is 2. The van der Waals surface area contributed by atoms with Crippen molar-refractivity contribution in [3.05, 3.63) is 40.9 Å². The molecule has 0 unspecified atom stereocenters. The van der Waals surface area contributed by atoms with E-state index in [2.05, 4.69) is 35.6 Å². The summed E-state index contributed by atoms with van der Waals surface area (Å²) in [5.74, 6) is -1.55. The van der Waals surface area contributed by atoms with Crippen LogP contribution in [-0.2, 0) is 30.9 Å². The smallest absolute Gasteiger partial charge is 0.289 e. The molecule has 0 amide bonds. The number of halogens is 3. The summed E-state index contributed by atoms with van der Waals surface area (Å²) in [7, 11) is 3.32. The van der Waals surface area contributed by atoms with Crippen molar-refractivity contribution in [2.24, 2.45) is 7.05 Å². The quantitative estimate of drug-likeness (QED) is 0.335. The molecule has 6 heterocycles. The first-order valence-corrected chi connectivity index (χ1v) is 11.5. The van der Waals surface area contributed by atoms with Crippen LogP contribution in [0.25, 0.3) is 22.2 Å². The standard InChI is InChI=1S/C22H20ClF2N9O2/c1-33-18-17(23)14(36-11-6-12-13(10-35-2)30-31-19(12)26-8-11)9-27-20(18)29-21(33)28-16-7-15-22(24,25)4-3-5-34(15)32-16/h6-9H,3-5,10H2,1-2H3,(H,26,30,31)(H,27,28,29,32). The molecule has 6 rings (SSSR count). The number of alkyl halides is 2. The van der Waals surface area contributed by atoms with E-state index in [9.17, 15) is 8.78 Å². The Morgan fingerprint density at radius 1 is 1.25 bits per heavy atom. The summed E-state index contributed by atoms with van der Waals surface area (Å²) in [6.07, 6.45) is 3.19. The third kappa shape index (κ3) is 3.71. The third-order valence-corrected chi connectivity index (χ3v) is 6.40. The molecule has 0 fully saturated rings. The zero-order chi connectivity index (χ0) is 25.0. The number of aromatic nitrogens is 8. The minimum absolute atomic E-state index is 0.112. The minimum Gasteiger partial charge on any atom is -0.452 e. The molecule has 0 aliphatic carbocycles. The lowest BCUT2D eigenvalue weighted by atomic mass is 10.1. The average Bonchev–Trinajstić information content (AvgIpc) is 3.53. The second-order valence-corrected chi connectivity index (χ2v) is 8.82. The first kappa shape index (κ1) is 22.6. The molecule has 0 bridgehead atoms. The minimum atomic E-state index is -2.91. The van der Waals surface area contributed by atoms with Gasteiger partial charge in [-0.2, -0.15) is 24.0 Å². The Labute approximate surface area is 207 Å². The largest absolute Gasteiger partial charge is 0.452 e. The van der Waals surface area contributed by atoms with E-state index in [0.29, 0.717) is 59.5 Å². The molecule has 186 valence electrons. The van der Waals surface area contributed by atoms with Crippen LogP contribution < -0.4 is 10.1 Å². The van der Waals surface area contributed by atoms with Crippen LogP contribution in [0.1, 0.15) is 24.2 Å². The molecule has 1 aliphatic heterocycles. The van der Waals surface area contributed by atoms with Crippen LogP contribution in [0, 0.1) is 0 Å². The van der Waals surface area contributed by atoms with E-state index in [1.54, 1.807) is 31.0 Å². The number of aromatic amines is 1. The number of pyridine rings is 2. The number of nitrogens with zero attached hydrogens (tertiary/aromatic N) is 7. The highest BCUT2D eigenvalue weighted by Gasteiger charge is 2.38. The number of anilines is 2. The Hall–Kier alpha value is -3.84. The molecule has 2 N–H and O–H groups in total. The monoisotopic (exact) mass is 515 g/mol. The molecule has 0 spiro atoms. The predicted molar refractivity (Wildman–Crippen MR) is 127 cm³/mol. The topological polar surface area (TPSA) is 121 Å². The van der Waals surface area contributed by atoms with E-state index in [1.165, 1.54) is 16.9 Å². The number of hydrogen-bond donors (Lipinski definition) is 2. The van der Waals surface area contributed by atoms with Gasteiger partial charge in [-0.05, 0) is 12.5 Å². The average molecular weight is 516 g/mol. The molecular formula is C22H20ClF2N9O2. The molecule has 0 radical (unpaired) electrons. The van der Waals surface area contributed by atoms with Gasteiger partial charge in [0.2, 0.25) is 5.95 Å². The summed E-state index contributed by atoms with van der Waals surface area (Å²) in [5.41, 5.74) is 2.06. The van der Waals surface area contributed by atoms with Gasteiger partial charge >= 0.3 is 0 Å². The lowest BCUT2D eigenvalue weighted by Crippen LogP contribution is -2.25. The van der Waals surface area contributed by atoms with Crippen molar-refractivity contribution in [1.82, 2.24) is 39.5 Å². The number of rotatable bonds is 6. The van der Waals surface area contributed by atoms with Crippen LogP contribution in [0.4, 0.5) is 20.5 Å². The van der Waals surface area contributed by atoms with E-state index >= 15 is 0 Å². The number of imidazole rings is 1. The van der Waals surface area contributed by atoms with E-state index in [-0.39, 0.29) is 23.0 Å². The summed E-state index contributed by atoms with van der Waals surface area (Å²) in [6.45, 7) is 0.761. The Morgan fingerprint density at radius 2 is 2.11 bits per heavy atom. The molecule has 1 aliphatic rings. The van der Waals surface area contributed by atoms with Crippen LogP contribution in [0.15, 0.2) is 24.5 Å². The highest BCUT2D eigenvalue weighted by atomic mass is 35.5. The number of fused-ring (bicyclic) bond motifs is 3. The van der Waals surface area contributed by atoms with Crippen molar-refractivity contribution >= 4 is 45.6 Å². The highest BCUT2D eigenvalue weighted by molar-refractivity contribution is 6.36. The molecule has 0 atom stereocenters. The van der Waals surface area contributed by atoms with Crippen LogP contribution in [0.2, 0.25) is 5.02 Å². The molecule has 5 aromatic rings. The zero-order valence-electron chi connectivity index (χ0n) is 19.2. The van der Waals surface area contributed by atoms with Crippen LogP contribution in [0.5, 0.6) is 11.5 Å². The summed E-state index contributed by atoms with van der Waals surface area (Å²) < 4.78 is 42.6. The Balaban J connectivity index is 1.31. The van der Waals surface area contributed by atoms with Gasteiger partial charge in [-0.1, -0.05) is 11.6 Å². The van der Waals surface area contributed by atoms with E-state index in [4.69, 9.17) is 21.1 Å². The Kier molecular flexibility index (Phi) is 5.26. The summed E-state index contributed by atoms with van der Waals surface area (Å²) >= 11 is 6.68. The van der Waals surface area contributed by atoms with Crippen LogP contribution in [0.3, 0.4) is 0 Å². The maximum absolute atomic E-state index is 14.2. The van der Waals surface area contributed by atoms with Gasteiger partial charge in [0.1, 0.15) is 22.0 Å². The fourth-order valence-corrected chi connectivity index (χ4v) is 4.60. The fourth-order valence-electron chi connectivity index (χ4n) is 4.30. The van der Waals surface area contributed by atoms with Gasteiger partial charge in [-0.3, -0.25) is 9.78 Å². The molecule has 5 aromatic heterocycles. The molecule has 0 aromatic carbocycles. The molecule has 36 heavy (non-hydrogen) atoms. The summed E-state index contributed by atoms with van der Waals surface area (Å²) in [4.78, 5) is 13.1. The van der Waals surface area contributed by atoms with Gasteiger partial charge in [0.25, 0.3) is 5.92 Å². The third-order valence-electron chi connectivity index (χ3n) is 6.04. The summed E-state index contributed by atoms with van der Waals surface area (Å²) in [5, 5.41) is 15.4. The summed E-state index contributed by atoms with van der Waals surface area (Å²) in [6, 6.07) is 3.13. The second kappa shape index (κ2) is 8.38. The number of nitrogens with one attached hydrogen (secondary N) is 2. The molecule has 11 nitrogen and oxygen atoms in total. The maximum Gasteiger partial charge on any atom is 0.289 e. The molecular weight excluding hydrogens is 496 g/mol. The maximum atomic E-state index is 14.2. The molecule has 0 saturated carbocycles. The van der Waals surface area contributed by atoms with Crippen molar-refractivity contribution in [3.8, 4) is 11.5 Å². The van der Waals surface area contributed by atoms with Crippen LogP contribution >= 0.6 is 11.6 Å². The first-order chi connectivity index (χ1) is 17.3. The van der Waals surface area contributed by atoms with E-state index in [0.717, 1.165) is 5.39 Å². The van der Waals surface area contributed by atoms with Crippen molar-refractivity contribution in [2.45, 2.75) is 31.9 Å². The van der Waals surface area contributed by atoms with Gasteiger partial charge in [0.15, 0.2) is 22.9 Å². The van der Waals surface area contributed by atoms with Gasteiger partial charge in [-0.25, -0.2) is 9.97 Å². The van der Waals surface area contributed by atoms with Gasteiger partial charge < -0.3 is 19.4 Å². The number of aryl methyl sites for hydroxylation is 2. The predicted octanol–water partition coefficient (Wildman–Crippen LogP) is 4.66. The SMILES string of the molecule is COCc1n[nH]c2ncc(Oc3cnc4nc(Nc5cc6n(n5)CCCC6(F)F)n(C)c4c3Cl)cc12. The van der Waals surface area contributed by atoms with Gasteiger partial charge in [0, 0.05) is 38.6 Å². The van der Waals surface area contributed by atoms with Crippen molar-refractivity contribution in [2.75, 3.05) is 12.4 Å².